The van der Waals surface area contributed by atoms with Gasteiger partial charge in [0.15, 0.2) is 0 Å². The highest BCUT2D eigenvalue weighted by molar-refractivity contribution is 9.10. The van der Waals surface area contributed by atoms with E-state index in [2.05, 4.69) is 21.4 Å². The minimum absolute atomic E-state index is 0.304. The minimum Gasteiger partial charge on any atom is -0.271 e. The van der Waals surface area contributed by atoms with Gasteiger partial charge in [0.05, 0.1) is 11.1 Å². The van der Waals surface area contributed by atoms with E-state index in [0.717, 1.165) is 10.0 Å². The van der Waals surface area contributed by atoms with E-state index in [4.69, 9.17) is 29.0 Å². The normalized spacial score (nSPS) is 12.4. The Labute approximate surface area is 135 Å². The second-order valence-electron chi connectivity index (χ2n) is 4.27. The first-order chi connectivity index (χ1) is 9.54. The van der Waals surface area contributed by atoms with Crippen molar-refractivity contribution in [1.82, 2.24) is 5.43 Å². The molecule has 3 N–H and O–H groups in total. The van der Waals surface area contributed by atoms with Crippen LogP contribution in [0.2, 0.25) is 10.0 Å². The summed E-state index contributed by atoms with van der Waals surface area (Å²) in [6.45, 7) is 0. The van der Waals surface area contributed by atoms with Gasteiger partial charge in [-0.2, -0.15) is 0 Å². The monoisotopic (exact) mass is 376 g/mol. The Hall–Kier alpha value is -0.650. The maximum Gasteiger partial charge on any atom is 0.127 e. The minimum atomic E-state index is -0.358. The molecular formula is C14H12BrCl2FN2. The Kier molecular flexibility index (Phi) is 5.41. The molecule has 0 amide bonds. The largest absolute Gasteiger partial charge is 0.271 e. The third-order valence-corrected chi connectivity index (χ3v) is 4.69. The standard InChI is InChI=1S/C14H12BrCl2FN2/c15-10-4-1-3-8(14(10)17)13(20-19)7-9-11(16)5-2-6-12(9)18/h1-6,13,20H,7,19H2. The third kappa shape index (κ3) is 3.32. The highest BCUT2D eigenvalue weighted by Crippen LogP contribution is 2.33. The first-order valence-corrected chi connectivity index (χ1v) is 7.42. The summed E-state index contributed by atoms with van der Waals surface area (Å²) in [6.07, 6.45) is 0.304. The lowest BCUT2D eigenvalue weighted by atomic mass is 9.99. The molecule has 2 aromatic carbocycles. The quantitative estimate of drug-likeness (QED) is 0.601. The molecule has 0 aliphatic rings. The predicted octanol–water partition coefficient (Wildman–Crippen LogP) is 4.64. The average molecular weight is 378 g/mol. The van der Waals surface area contributed by atoms with E-state index in [1.54, 1.807) is 12.1 Å². The predicted molar refractivity (Wildman–Crippen MR) is 84.3 cm³/mol. The summed E-state index contributed by atoms with van der Waals surface area (Å²) >= 11 is 15.6. The Bertz CT molecular complexity index is 602. The first-order valence-electron chi connectivity index (χ1n) is 5.87. The molecule has 20 heavy (non-hydrogen) atoms. The van der Waals surface area contributed by atoms with Crippen LogP contribution in [0.15, 0.2) is 40.9 Å². The molecule has 0 saturated carbocycles. The van der Waals surface area contributed by atoms with Crippen LogP contribution in [0.25, 0.3) is 0 Å². The molecule has 1 unspecified atom stereocenters. The van der Waals surface area contributed by atoms with Crippen LogP contribution in [-0.4, -0.2) is 0 Å². The lowest BCUT2D eigenvalue weighted by molar-refractivity contribution is 0.529. The lowest BCUT2D eigenvalue weighted by Crippen LogP contribution is -2.30. The van der Waals surface area contributed by atoms with E-state index >= 15 is 0 Å². The summed E-state index contributed by atoms with van der Waals surface area (Å²) in [5, 5.41) is 0.916. The van der Waals surface area contributed by atoms with E-state index in [-0.39, 0.29) is 11.9 Å². The van der Waals surface area contributed by atoms with E-state index in [1.165, 1.54) is 6.07 Å². The average Bonchev–Trinajstić information content (AvgIpc) is 2.42. The molecule has 0 radical (unpaired) electrons. The SMILES string of the molecule is NNC(Cc1c(F)cccc1Cl)c1cccc(Br)c1Cl. The maximum atomic E-state index is 13.8. The smallest absolute Gasteiger partial charge is 0.127 e. The van der Waals surface area contributed by atoms with Gasteiger partial charge in [-0.25, -0.2) is 4.39 Å². The van der Waals surface area contributed by atoms with E-state index < -0.39 is 0 Å². The Morgan fingerprint density at radius 2 is 1.90 bits per heavy atom. The van der Waals surface area contributed by atoms with Gasteiger partial charge in [0.2, 0.25) is 0 Å². The Balaban J connectivity index is 2.37. The number of halogens is 4. The second kappa shape index (κ2) is 6.87. The summed E-state index contributed by atoms with van der Waals surface area (Å²) < 4.78 is 14.6. The van der Waals surface area contributed by atoms with Crippen molar-refractivity contribution in [3.8, 4) is 0 Å². The fourth-order valence-corrected chi connectivity index (χ4v) is 2.86. The molecule has 0 bridgehead atoms. The topological polar surface area (TPSA) is 38.0 Å². The maximum absolute atomic E-state index is 13.8. The fourth-order valence-electron chi connectivity index (χ4n) is 1.98. The van der Waals surface area contributed by atoms with Gasteiger partial charge in [0.25, 0.3) is 0 Å². The van der Waals surface area contributed by atoms with Crippen LogP contribution >= 0.6 is 39.1 Å². The number of nitrogens with two attached hydrogens (primary N) is 1. The van der Waals surface area contributed by atoms with Crippen molar-refractivity contribution in [3.63, 3.8) is 0 Å². The fraction of sp³-hybridized carbons (Fsp3) is 0.143. The van der Waals surface area contributed by atoms with Gasteiger partial charge in [0, 0.05) is 15.1 Å². The van der Waals surface area contributed by atoms with Crippen LogP contribution in [0.5, 0.6) is 0 Å². The number of hydrogen-bond acceptors (Lipinski definition) is 2. The van der Waals surface area contributed by atoms with Crippen molar-refractivity contribution in [2.45, 2.75) is 12.5 Å². The third-order valence-electron chi connectivity index (χ3n) is 3.03. The molecule has 2 rings (SSSR count). The number of benzene rings is 2. The number of nitrogens with one attached hydrogen (secondary N) is 1. The zero-order valence-corrected chi connectivity index (χ0v) is 13.4. The van der Waals surface area contributed by atoms with Crippen molar-refractivity contribution in [1.29, 1.82) is 0 Å². The molecule has 0 aliphatic carbocycles. The van der Waals surface area contributed by atoms with E-state index in [9.17, 15) is 4.39 Å². The van der Waals surface area contributed by atoms with E-state index in [1.807, 2.05) is 18.2 Å². The van der Waals surface area contributed by atoms with Crippen molar-refractivity contribution in [2.24, 2.45) is 5.84 Å². The molecule has 0 saturated heterocycles. The summed E-state index contributed by atoms with van der Waals surface area (Å²) in [5.74, 6) is 5.22. The van der Waals surface area contributed by atoms with Crippen LogP contribution in [0, 0.1) is 5.82 Å². The molecule has 0 fully saturated rings. The molecular weight excluding hydrogens is 366 g/mol. The molecule has 1 atom stereocenters. The van der Waals surface area contributed by atoms with Crippen LogP contribution in [0.1, 0.15) is 17.2 Å². The van der Waals surface area contributed by atoms with Crippen molar-refractivity contribution >= 4 is 39.1 Å². The van der Waals surface area contributed by atoms with Crippen molar-refractivity contribution < 1.29 is 4.39 Å². The van der Waals surface area contributed by atoms with Crippen LogP contribution in [-0.2, 0) is 6.42 Å². The van der Waals surface area contributed by atoms with Gasteiger partial charge in [-0.1, -0.05) is 41.4 Å². The molecule has 6 heteroatoms. The number of rotatable bonds is 4. The molecule has 0 spiro atoms. The zero-order valence-electron chi connectivity index (χ0n) is 10.3. The van der Waals surface area contributed by atoms with Gasteiger partial charge >= 0.3 is 0 Å². The lowest BCUT2D eigenvalue weighted by Gasteiger charge is -2.19. The Morgan fingerprint density at radius 3 is 2.55 bits per heavy atom. The molecule has 2 nitrogen and oxygen atoms in total. The molecule has 0 aliphatic heterocycles. The van der Waals surface area contributed by atoms with Crippen molar-refractivity contribution in [3.05, 3.63) is 67.9 Å². The van der Waals surface area contributed by atoms with Gasteiger partial charge in [-0.15, -0.1) is 0 Å². The summed E-state index contributed by atoms with van der Waals surface area (Å²) in [4.78, 5) is 0. The molecule has 2 aromatic rings. The molecule has 0 aromatic heterocycles. The highest BCUT2D eigenvalue weighted by Gasteiger charge is 2.18. The second-order valence-corrected chi connectivity index (χ2v) is 5.91. The van der Waals surface area contributed by atoms with Gasteiger partial charge < -0.3 is 0 Å². The number of hydrogen-bond donors (Lipinski definition) is 2. The summed E-state index contributed by atoms with van der Waals surface area (Å²) in [6, 6.07) is 9.76. The van der Waals surface area contributed by atoms with Crippen molar-refractivity contribution in [2.75, 3.05) is 0 Å². The number of hydrazine groups is 1. The summed E-state index contributed by atoms with van der Waals surface area (Å²) in [5.41, 5.74) is 3.85. The van der Waals surface area contributed by atoms with Crippen LogP contribution in [0.3, 0.4) is 0 Å². The van der Waals surface area contributed by atoms with Gasteiger partial charge in [-0.3, -0.25) is 11.3 Å². The molecule has 106 valence electrons. The highest BCUT2D eigenvalue weighted by atomic mass is 79.9. The van der Waals surface area contributed by atoms with Crippen LogP contribution in [0.4, 0.5) is 4.39 Å². The first kappa shape index (κ1) is 15.7. The van der Waals surface area contributed by atoms with Gasteiger partial charge in [-0.05, 0) is 46.1 Å². The Morgan fingerprint density at radius 1 is 1.20 bits per heavy atom. The zero-order chi connectivity index (χ0) is 14.7. The molecule has 0 heterocycles. The summed E-state index contributed by atoms with van der Waals surface area (Å²) in [7, 11) is 0. The van der Waals surface area contributed by atoms with Gasteiger partial charge in [0.1, 0.15) is 5.82 Å². The van der Waals surface area contributed by atoms with Crippen LogP contribution < -0.4 is 11.3 Å². The van der Waals surface area contributed by atoms with E-state index in [0.29, 0.717) is 22.0 Å².